The van der Waals surface area contributed by atoms with Gasteiger partial charge < -0.3 is 4.74 Å². The highest BCUT2D eigenvalue weighted by Gasteiger charge is 2.21. The molecule has 1 fully saturated rings. The van der Waals surface area contributed by atoms with Crippen molar-refractivity contribution in [1.82, 2.24) is 4.98 Å². The van der Waals surface area contributed by atoms with Crippen molar-refractivity contribution in [3.63, 3.8) is 0 Å². The van der Waals surface area contributed by atoms with Gasteiger partial charge in [0.25, 0.3) is 0 Å². The highest BCUT2D eigenvalue weighted by atomic mass is 32.2. The van der Waals surface area contributed by atoms with E-state index in [1.165, 1.54) is 63.2 Å². The molecule has 1 saturated carbocycles. The minimum atomic E-state index is -0.616. The lowest BCUT2D eigenvalue weighted by Gasteiger charge is -2.20. The van der Waals surface area contributed by atoms with E-state index >= 15 is 0 Å². The van der Waals surface area contributed by atoms with Crippen LogP contribution in [-0.4, -0.2) is 28.7 Å². The van der Waals surface area contributed by atoms with E-state index in [1.54, 1.807) is 0 Å². The van der Waals surface area contributed by atoms with E-state index in [-0.39, 0.29) is 11.3 Å². The SMILES string of the molecule is COC(=O)c1cnc(SCC2CCCCC2)c([N+](=O)[O-])c1. The molecule has 21 heavy (non-hydrogen) atoms. The number of hydrogen-bond acceptors (Lipinski definition) is 6. The van der Waals surface area contributed by atoms with Gasteiger partial charge in [0.15, 0.2) is 5.03 Å². The van der Waals surface area contributed by atoms with Gasteiger partial charge in [-0.25, -0.2) is 9.78 Å². The number of ether oxygens (including phenoxy) is 1. The molecule has 1 heterocycles. The predicted octanol–water partition coefficient (Wildman–Crippen LogP) is 3.45. The van der Waals surface area contributed by atoms with Gasteiger partial charge in [0, 0.05) is 18.0 Å². The maximum absolute atomic E-state index is 11.4. The minimum absolute atomic E-state index is 0.103. The van der Waals surface area contributed by atoms with Gasteiger partial charge in [-0.15, -0.1) is 0 Å². The second-order valence-electron chi connectivity index (χ2n) is 5.11. The van der Waals surface area contributed by atoms with Crippen LogP contribution in [0.2, 0.25) is 0 Å². The summed E-state index contributed by atoms with van der Waals surface area (Å²) in [6, 6.07) is 1.24. The summed E-state index contributed by atoms with van der Waals surface area (Å²) in [4.78, 5) is 26.1. The van der Waals surface area contributed by atoms with Gasteiger partial charge in [0.05, 0.1) is 17.6 Å². The van der Waals surface area contributed by atoms with E-state index in [0.717, 1.165) is 5.75 Å². The Labute approximate surface area is 127 Å². The minimum Gasteiger partial charge on any atom is -0.465 e. The van der Waals surface area contributed by atoms with Gasteiger partial charge in [0.1, 0.15) is 0 Å². The first-order chi connectivity index (χ1) is 10.1. The Morgan fingerprint density at radius 3 is 2.81 bits per heavy atom. The van der Waals surface area contributed by atoms with E-state index in [9.17, 15) is 14.9 Å². The number of aromatic nitrogens is 1. The second-order valence-corrected chi connectivity index (χ2v) is 6.12. The smallest absolute Gasteiger partial charge is 0.339 e. The van der Waals surface area contributed by atoms with Crippen molar-refractivity contribution >= 4 is 23.4 Å². The Morgan fingerprint density at radius 1 is 1.48 bits per heavy atom. The summed E-state index contributed by atoms with van der Waals surface area (Å²) >= 11 is 1.41. The molecule has 1 aromatic rings. The Kier molecular flexibility index (Phi) is 5.55. The second kappa shape index (κ2) is 7.40. The van der Waals surface area contributed by atoms with Gasteiger partial charge in [-0.05, 0) is 18.8 Å². The average Bonchev–Trinajstić information content (AvgIpc) is 2.52. The molecule has 1 aromatic heterocycles. The lowest BCUT2D eigenvalue weighted by Crippen LogP contribution is -2.09. The van der Waals surface area contributed by atoms with Crippen molar-refractivity contribution in [2.75, 3.05) is 12.9 Å². The van der Waals surface area contributed by atoms with Gasteiger partial charge in [-0.1, -0.05) is 31.0 Å². The molecule has 0 atom stereocenters. The summed E-state index contributed by atoms with van der Waals surface area (Å²) in [6.07, 6.45) is 7.46. The van der Waals surface area contributed by atoms with Crippen molar-refractivity contribution in [3.05, 3.63) is 27.9 Å². The number of rotatable bonds is 5. The van der Waals surface area contributed by atoms with E-state index in [2.05, 4.69) is 9.72 Å². The van der Waals surface area contributed by atoms with Crippen LogP contribution in [0, 0.1) is 16.0 Å². The van der Waals surface area contributed by atoms with Crippen LogP contribution in [0.5, 0.6) is 0 Å². The zero-order chi connectivity index (χ0) is 15.2. The molecule has 1 aliphatic carbocycles. The van der Waals surface area contributed by atoms with Crippen LogP contribution in [0.3, 0.4) is 0 Å². The van der Waals surface area contributed by atoms with Gasteiger partial charge in [0.2, 0.25) is 0 Å². The van der Waals surface area contributed by atoms with Crippen LogP contribution in [0.15, 0.2) is 17.3 Å². The third kappa shape index (κ3) is 4.17. The van der Waals surface area contributed by atoms with Crippen molar-refractivity contribution in [2.45, 2.75) is 37.1 Å². The molecule has 0 aliphatic heterocycles. The number of carbonyl (C=O) groups excluding carboxylic acids is 1. The van der Waals surface area contributed by atoms with Crippen LogP contribution in [0.25, 0.3) is 0 Å². The number of carbonyl (C=O) groups is 1. The summed E-state index contributed by atoms with van der Waals surface area (Å²) in [5.74, 6) is 0.825. The van der Waals surface area contributed by atoms with E-state index in [0.29, 0.717) is 10.9 Å². The van der Waals surface area contributed by atoms with E-state index < -0.39 is 10.9 Å². The summed E-state index contributed by atoms with van der Waals surface area (Å²) < 4.78 is 4.56. The summed E-state index contributed by atoms with van der Waals surface area (Å²) in [7, 11) is 1.24. The fourth-order valence-electron chi connectivity index (χ4n) is 2.46. The quantitative estimate of drug-likeness (QED) is 0.358. The Hall–Kier alpha value is -1.63. The lowest BCUT2D eigenvalue weighted by molar-refractivity contribution is -0.388. The van der Waals surface area contributed by atoms with Crippen molar-refractivity contribution in [1.29, 1.82) is 0 Å². The molecule has 0 amide bonds. The molecule has 1 aliphatic rings. The van der Waals surface area contributed by atoms with Crippen LogP contribution in [0.1, 0.15) is 42.5 Å². The first kappa shape index (κ1) is 15.8. The fraction of sp³-hybridized carbons (Fsp3) is 0.571. The highest BCUT2D eigenvalue weighted by molar-refractivity contribution is 7.99. The number of esters is 1. The van der Waals surface area contributed by atoms with Gasteiger partial charge in [-0.2, -0.15) is 0 Å². The van der Waals surface area contributed by atoms with Crippen LogP contribution >= 0.6 is 11.8 Å². The monoisotopic (exact) mass is 310 g/mol. The number of hydrogen-bond donors (Lipinski definition) is 0. The number of nitrogens with zero attached hydrogens (tertiary/aromatic N) is 2. The molecule has 114 valence electrons. The molecule has 0 aromatic carbocycles. The molecular formula is C14H18N2O4S. The number of methoxy groups -OCH3 is 1. The maximum Gasteiger partial charge on any atom is 0.339 e. The third-order valence-electron chi connectivity index (χ3n) is 3.63. The van der Waals surface area contributed by atoms with Gasteiger partial charge in [-0.3, -0.25) is 10.1 Å². The van der Waals surface area contributed by atoms with Crippen LogP contribution in [-0.2, 0) is 4.74 Å². The summed E-state index contributed by atoms with van der Waals surface area (Å²) in [6.45, 7) is 0. The topological polar surface area (TPSA) is 82.3 Å². The maximum atomic E-state index is 11.4. The zero-order valence-electron chi connectivity index (χ0n) is 11.9. The molecule has 0 radical (unpaired) electrons. The van der Waals surface area contributed by atoms with E-state index in [1.807, 2.05) is 0 Å². The van der Waals surface area contributed by atoms with Gasteiger partial charge >= 0.3 is 11.7 Å². The lowest BCUT2D eigenvalue weighted by atomic mass is 9.91. The predicted molar refractivity (Wildman–Crippen MR) is 79.5 cm³/mol. The molecule has 6 nitrogen and oxygen atoms in total. The molecule has 0 saturated heterocycles. The molecular weight excluding hydrogens is 292 g/mol. The average molecular weight is 310 g/mol. The van der Waals surface area contributed by atoms with E-state index in [4.69, 9.17) is 0 Å². The molecule has 0 N–H and O–H groups in total. The van der Waals surface area contributed by atoms with Crippen LogP contribution < -0.4 is 0 Å². The highest BCUT2D eigenvalue weighted by Crippen LogP contribution is 2.33. The summed E-state index contributed by atoms with van der Waals surface area (Å²) in [5, 5.41) is 11.5. The molecule has 0 spiro atoms. The number of pyridine rings is 1. The largest absolute Gasteiger partial charge is 0.465 e. The number of nitro groups is 1. The standard InChI is InChI=1S/C14H18N2O4S/c1-20-14(17)11-7-12(16(18)19)13(15-8-11)21-9-10-5-3-2-4-6-10/h7-8,10H,2-6,9H2,1H3. The third-order valence-corrected chi connectivity index (χ3v) is 4.86. The zero-order valence-corrected chi connectivity index (χ0v) is 12.7. The molecule has 0 bridgehead atoms. The molecule has 0 unspecified atom stereocenters. The van der Waals surface area contributed by atoms with Crippen molar-refractivity contribution in [3.8, 4) is 0 Å². The fourth-order valence-corrected chi connectivity index (χ4v) is 3.60. The first-order valence-electron chi connectivity index (χ1n) is 6.97. The molecule has 2 rings (SSSR count). The normalized spacial score (nSPS) is 15.7. The van der Waals surface area contributed by atoms with Crippen LogP contribution in [0.4, 0.5) is 5.69 Å². The first-order valence-corrected chi connectivity index (χ1v) is 7.96. The number of thioether (sulfide) groups is 1. The van der Waals surface area contributed by atoms with Crippen molar-refractivity contribution in [2.24, 2.45) is 5.92 Å². The summed E-state index contributed by atoms with van der Waals surface area (Å²) in [5.41, 5.74) is -0.0232. The van der Waals surface area contributed by atoms with Crippen molar-refractivity contribution < 1.29 is 14.5 Å². The molecule has 7 heteroatoms. The Morgan fingerprint density at radius 2 is 2.19 bits per heavy atom. The Balaban J connectivity index is 2.10. The Bertz CT molecular complexity index is 530.